The second-order valence-electron chi connectivity index (χ2n) is 4.56. The van der Waals surface area contributed by atoms with Gasteiger partial charge < -0.3 is 14.6 Å². The number of hydrazone groups is 1. The number of methoxy groups -OCH3 is 1. The summed E-state index contributed by atoms with van der Waals surface area (Å²) in [4.78, 5) is 11.7. The van der Waals surface area contributed by atoms with Crippen LogP contribution in [-0.4, -0.2) is 30.9 Å². The minimum Gasteiger partial charge on any atom is -0.507 e. The van der Waals surface area contributed by atoms with Crippen molar-refractivity contribution in [2.45, 2.75) is 0 Å². The van der Waals surface area contributed by atoms with Gasteiger partial charge in [0.2, 0.25) is 0 Å². The molecule has 0 fully saturated rings. The molecule has 2 aromatic carbocycles. The second kappa shape index (κ2) is 8.42. The summed E-state index contributed by atoms with van der Waals surface area (Å²) in [6.07, 6.45) is 1.29. The average Bonchev–Trinajstić information content (AvgIpc) is 2.58. The van der Waals surface area contributed by atoms with Crippen molar-refractivity contribution in [3.8, 4) is 17.2 Å². The summed E-state index contributed by atoms with van der Waals surface area (Å²) in [5, 5.41) is 14.0. The van der Waals surface area contributed by atoms with Crippen LogP contribution in [0.3, 0.4) is 0 Å². The van der Waals surface area contributed by atoms with E-state index in [1.165, 1.54) is 19.4 Å². The van der Waals surface area contributed by atoms with Crippen molar-refractivity contribution in [2.24, 2.45) is 5.10 Å². The fraction of sp³-hybridized carbons (Fsp3) is 0.125. The molecule has 0 heterocycles. The van der Waals surface area contributed by atoms with Crippen molar-refractivity contribution in [3.05, 3.63) is 52.0 Å². The van der Waals surface area contributed by atoms with Crippen molar-refractivity contribution >= 4 is 35.3 Å². The summed E-state index contributed by atoms with van der Waals surface area (Å²) in [5.41, 5.74) is 2.67. The summed E-state index contributed by atoms with van der Waals surface area (Å²) in [6, 6.07) is 9.51. The molecule has 2 N–H and O–H groups in total. The number of halogens is 2. The number of carbonyl (C=O) groups excluding carboxylic acids is 1. The van der Waals surface area contributed by atoms with Gasteiger partial charge in [-0.15, -0.1) is 0 Å². The van der Waals surface area contributed by atoms with E-state index in [1.807, 2.05) is 0 Å². The van der Waals surface area contributed by atoms with Gasteiger partial charge >= 0.3 is 0 Å². The van der Waals surface area contributed by atoms with Crippen LogP contribution in [0.5, 0.6) is 17.2 Å². The maximum Gasteiger partial charge on any atom is 0.277 e. The molecule has 6 nitrogen and oxygen atoms in total. The van der Waals surface area contributed by atoms with E-state index >= 15 is 0 Å². The van der Waals surface area contributed by atoms with Crippen molar-refractivity contribution in [2.75, 3.05) is 13.7 Å². The van der Waals surface area contributed by atoms with Crippen LogP contribution in [0.1, 0.15) is 5.56 Å². The van der Waals surface area contributed by atoms with Crippen molar-refractivity contribution in [1.29, 1.82) is 0 Å². The third-order valence-corrected chi connectivity index (χ3v) is 3.70. The maximum absolute atomic E-state index is 11.7. The molecule has 0 atom stereocenters. The maximum atomic E-state index is 11.7. The van der Waals surface area contributed by atoms with Crippen LogP contribution in [0.2, 0.25) is 10.0 Å². The normalized spacial score (nSPS) is 10.6. The van der Waals surface area contributed by atoms with Gasteiger partial charge in [0.25, 0.3) is 5.91 Å². The molecule has 0 aliphatic carbocycles. The molecule has 2 rings (SSSR count). The van der Waals surface area contributed by atoms with Gasteiger partial charge in [0, 0.05) is 5.56 Å². The average molecular weight is 369 g/mol. The molecule has 8 heteroatoms. The fourth-order valence-electron chi connectivity index (χ4n) is 1.71. The van der Waals surface area contributed by atoms with E-state index in [-0.39, 0.29) is 17.4 Å². The first-order valence-electron chi connectivity index (χ1n) is 6.77. The number of ether oxygens (including phenoxy) is 2. The van der Waals surface area contributed by atoms with Crippen LogP contribution in [-0.2, 0) is 4.79 Å². The molecule has 0 saturated heterocycles. The number of amides is 1. The molecule has 0 aliphatic heterocycles. The van der Waals surface area contributed by atoms with Gasteiger partial charge in [-0.05, 0) is 30.3 Å². The molecule has 0 unspecified atom stereocenters. The highest BCUT2D eigenvalue weighted by atomic mass is 35.5. The van der Waals surface area contributed by atoms with Crippen LogP contribution >= 0.6 is 23.2 Å². The van der Waals surface area contributed by atoms with Crippen molar-refractivity contribution in [3.63, 3.8) is 0 Å². The lowest BCUT2D eigenvalue weighted by molar-refractivity contribution is -0.123. The van der Waals surface area contributed by atoms with E-state index in [0.29, 0.717) is 22.1 Å². The van der Waals surface area contributed by atoms with Crippen LogP contribution in [0.15, 0.2) is 41.5 Å². The first-order valence-corrected chi connectivity index (χ1v) is 7.52. The van der Waals surface area contributed by atoms with E-state index in [2.05, 4.69) is 10.5 Å². The van der Waals surface area contributed by atoms with Gasteiger partial charge in [-0.1, -0.05) is 29.3 Å². The number of aromatic hydroxyl groups is 1. The molecule has 2 aromatic rings. The van der Waals surface area contributed by atoms with Gasteiger partial charge in [-0.3, -0.25) is 4.79 Å². The molecule has 126 valence electrons. The second-order valence-corrected chi connectivity index (χ2v) is 5.34. The molecular formula is C16H14Cl2N2O4. The molecule has 0 saturated carbocycles. The molecule has 24 heavy (non-hydrogen) atoms. The Kier molecular flexibility index (Phi) is 6.28. The Balaban J connectivity index is 1.90. The van der Waals surface area contributed by atoms with Gasteiger partial charge in [-0.2, -0.15) is 5.10 Å². The van der Waals surface area contributed by atoms with Crippen LogP contribution < -0.4 is 14.9 Å². The molecule has 0 bridgehead atoms. The largest absolute Gasteiger partial charge is 0.507 e. The number of benzene rings is 2. The zero-order valence-electron chi connectivity index (χ0n) is 12.6. The Bertz CT molecular complexity index is 766. The fourth-order valence-corrected chi connectivity index (χ4v) is 2.05. The highest BCUT2D eigenvalue weighted by molar-refractivity contribution is 6.42. The Morgan fingerprint density at radius 2 is 2.12 bits per heavy atom. The zero-order valence-corrected chi connectivity index (χ0v) is 14.1. The lowest BCUT2D eigenvalue weighted by atomic mass is 10.2. The zero-order chi connectivity index (χ0) is 17.5. The van der Waals surface area contributed by atoms with Crippen molar-refractivity contribution in [1.82, 2.24) is 5.43 Å². The number of phenolic OH excluding ortho intramolecular Hbond substituents is 1. The lowest BCUT2D eigenvalue weighted by Gasteiger charge is -2.07. The molecule has 0 aromatic heterocycles. The summed E-state index contributed by atoms with van der Waals surface area (Å²) in [6.45, 7) is -0.290. The molecule has 1 amide bonds. The summed E-state index contributed by atoms with van der Waals surface area (Å²) >= 11 is 11.8. The Morgan fingerprint density at radius 3 is 2.88 bits per heavy atom. The van der Waals surface area contributed by atoms with Crippen LogP contribution in [0.4, 0.5) is 0 Å². The van der Waals surface area contributed by atoms with Gasteiger partial charge in [0.1, 0.15) is 22.3 Å². The van der Waals surface area contributed by atoms with Gasteiger partial charge in [-0.25, -0.2) is 5.43 Å². The summed E-state index contributed by atoms with van der Waals surface area (Å²) in [7, 11) is 1.51. The monoisotopic (exact) mass is 368 g/mol. The van der Waals surface area contributed by atoms with Gasteiger partial charge in [0.05, 0.1) is 18.3 Å². The van der Waals surface area contributed by atoms with Crippen LogP contribution in [0.25, 0.3) is 0 Å². The van der Waals surface area contributed by atoms with E-state index in [0.717, 1.165) is 0 Å². The summed E-state index contributed by atoms with van der Waals surface area (Å²) in [5.74, 6) is 0.369. The number of phenols is 1. The Labute approximate surface area is 148 Å². The SMILES string of the molecule is COc1ccc(O)c(/C=N\NC(=O)COc2cccc(Cl)c2Cl)c1. The topological polar surface area (TPSA) is 80.2 Å². The van der Waals surface area contributed by atoms with E-state index in [1.54, 1.807) is 30.3 Å². The molecule has 0 radical (unpaired) electrons. The standard InChI is InChI=1S/C16H14Cl2N2O4/c1-23-11-5-6-13(21)10(7-11)8-19-20-15(22)9-24-14-4-2-3-12(17)16(14)18/h2-8,21H,9H2,1H3,(H,20,22)/b19-8-. The number of carbonyl (C=O) groups is 1. The number of hydrogen-bond donors (Lipinski definition) is 2. The van der Waals surface area contributed by atoms with Crippen molar-refractivity contribution < 1.29 is 19.4 Å². The highest BCUT2D eigenvalue weighted by Crippen LogP contribution is 2.31. The van der Waals surface area contributed by atoms with E-state index in [9.17, 15) is 9.90 Å². The minimum atomic E-state index is -0.496. The first-order chi connectivity index (χ1) is 11.5. The predicted octanol–water partition coefficient (Wildman–Crippen LogP) is 3.24. The van der Waals surface area contributed by atoms with E-state index < -0.39 is 5.91 Å². The minimum absolute atomic E-state index is 0.00996. The molecular weight excluding hydrogens is 355 g/mol. The Hall–Kier alpha value is -2.44. The predicted molar refractivity (Wildman–Crippen MR) is 92.4 cm³/mol. The lowest BCUT2D eigenvalue weighted by Crippen LogP contribution is -2.24. The van der Waals surface area contributed by atoms with Gasteiger partial charge in [0.15, 0.2) is 6.61 Å². The smallest absolute Gasteiger partial charge is 0.277 e. The quantitative estimate of drug-likeness (QED) is 0.605. The third-order valence-electron chi connectivity index (χ3n) is 2.90. The first kappa shape index (κ1) is 17.9. The number of nitrogens with one attached hydrogen (secondary N) is 1. The molecule has 0 spiro atoms. The van der Waals surface area contributed by atoms with E-state index in [4.69, 9.17) is 32.7 Å². The highest BCUT2D eigenvalue weighted by Gasteiger charge is 2.08. The summed E-state index contributed by atoms with van der Waals surface area (Å²) < 4.78 is 10.3. The number of rotatable bonds is 6. The third kappa shape index (κ3) is 4.78. The number of nitrogens with zero attached hydrogens (tertiary/aromatic N) is 1. The Morgan fingerprint density at radius 1 is 1.33 bits per heavy atom. The number of hydrogen-bond acceptors (Lipinski definition) is 5. The molecule has 0 aliphatic rings. The van der Waals surface area contributed by atoms with Crippen LogP contribution in [0, 0.1) is 0 Å².